The second-order valence-corrected chi connectivity index (χ2v) is 15.8. The van der Waals surface area contributed by atoms with Crippen molar-refractivity contribution in [3.63, 3.8) is 0 Å². The van der Waals surface area contributed by atoms with Crippen molar-refractivity contribution in [1.82, 2.24) is 0 Å². The second-order valence-electron chi connectivity index (χ2n) is 15.8. The number of hydrogen-bond acceptors (Lipinski definition) is 1. The van der Waals surface area contributed by atoms with Crippen molar-refractivity contribution in [3.8, 4) is 66.8 Å². The van der Waals surface area contributed by atoms with Gasteiger partial charge in [0.2, 0.25) is 0 Å². The number of fused-ring (bicyclic) bond motifs is 3. The summed E-state index contributed by atoms with van der Waals surface area (Å²) in [7, 11) is 0. The van der Waals surface area contributed by atoms with Gasteiger partial charge in [0.15, 0.2) is 0 Å². The first-order chi connectivity index (χ1) is 28.5. The Kier molecular flexibility index (Phi) is 8.92. The minimum absolute atomic E-state index is 0.0456. The van der Waals surface area contributed by atoms with Crippen molar-refractivity contribution in [2.75, 3.05) is 4.90 Å². The van der Waals surface area contributed by atoms with E-state index in [4.69, 9.17) is 0 Å². The maximum absolute atomic E-state index is 2.40. The van der Waals surface area contributed by atoms with Crippen molar-refractivity contribution in [3.05, 3.63) is 236 Å². The molecule has 9 aromatic rings. The smallest absolute Gasteiger partial charge is 0.0468 e. The van der Waals surface area contributed by atoms with Crippen LogP contribution in [0.25, 0.3) is 66.8 Å². The van der Waals surface area contributed by atoms with Gasteiger partial charge in [-0.3, -0.25) is 0 Å². The summed E-state index contributed by atoms with van der Waals surface area (Å²) in [6.45, 7) is 4.70. The summed E-state index contributed by atoms with van der Waals surface area (Å²) in [5.74, 6) is 0. The van der Waals surface area contributed by atoms with E-state index in [0.29, 0.717) is 0 Å². The molecule has 0 saturated carbocycles. The first kappa shape index (κ1) is 35.2. The molecule has 0 spiro atoms. The first-order valence-electron chi connectivity index (χ1n) is 20.2. The maximum Gasteiger partial charge on any atom is 0.0468 e. The van der Waals surface area contributed by atoms with Crippen LogP contribution in [0.5, 0.6) is 0 Å². The van der Waals surface area contributed by atoms with Crippen molar-refractivity contribution in [2.45, 2.75) is 19.3 Å². The Morgan fingerprint density at radius 1 is 0.259 bits per heavy atom. The van der Waals surface area contributed by atoms with E-state index in [1.807, 2.05) is 0 Å². The fourth-order valence-corrected chi connectivity index (χ4v) is 8.84. The molecule has 0 bridgehead atoms. The molecule has 1 heteroatoms. The predicted octanol–water partition coefficient (Wildman–Crippen LogP) is 15.8. The molecule has 0 saturated heterocycles. The van der Waals surface area contributed by atoms with Crippen molar-refractivity contribution >= 4 is 17.1 Å². The summed E-state index contributed by atoms with van der Waals surface area (Å²) in [5.41, 5.74) is 20.7. The molecule has 10 rings (SSSR count). The van der Waals surface area contributed by atoms with Crippen LogP contribution in [0.1, 0.15) is 25.0 Å². The SMILES string of the molecule is CC1(C)c2ccccc2-c2ccc(-c3ccc(N(c4ccc(-c5ccccc5)cc4)c4ccc(-c5cccc(-c6ccccc6)c5)c(-c5ccccc5)c4)cc3)cc21. The zero-order valence-corrected chi connectivity index (χ0v) is 32.8. The number of hydrogen-bond donors (Lipinski definition) is 0. The lowest BCUT2D eigenvalue weighted by molar-refractivity contribution is 0.660. The molecule has 58 heavy (non-hydrogen) atoms. The van der Waals surface area contributed by atoms with E-state index in [0.717, 1.165) is 17.1 Å². The van der Waals surface area contributed by atoms with Crippen LogP contribution in [0.3, 0.4) is 0 Å². The van der Waals surface area contributed by atoms with Crippen LogP contribution in [0, 0.1) is 0 Å². The van der Waals surface area contributed by atoms with Gasteiger partial charge >= 0.3 is 0 Å². The van der Waals surface area contributed by atoms with Gasteiger partial charge in [-0.2, -0.15) is 0 Å². The molecule has 0 aliphatic heterocycles. The molecule has 1 nitrogen and oxygen atoms in total. The largest absolute Gasteiger partial charge is 0.310 e. The molecular weight excluding hydrogens is 699 g/mol. The van der Waals surface area contributed by atoms with E-state index in [-0.39, 0.29) is 5.41 Å². The highest BCUT2D eigenvalue weighted by atomic mass is 15.1. The summed E-state index contributed by atoms with van der Waals surface area (Å²) in [6.07, 6.45) is 0. The van der Waals surface area contributed by atoms with Gasteiger partial charge in [-0.1, -0.05) is 190 Å². The highest BCUT2D eigenvalue weighted by Gasteiger charge is 2.35. The molecule has 0 N–H and O–H groups in total. The topological polar surface area (TPSA) is 3.24 Å². The number of nitrogens with zero attached hydrogens (tertiary/aromatic N) is 1. The Morgan fingerprint density at radius 2 is 0.690 bits per heavy atom. The third kappa shape index (κ3) is 6.41. The first-order valence-corrected chi connectivity index (χ1v) is 20.2. The number of rotatable bonds is 8. The number of benzene rings is 9. The molecule has 0 radical (unpaired) electrons. The molecule has 1 aliphatic carbocycles. The van der Waals surface area contributed by atoms with Crippen LogP contribution in [-0.4, -0.2) is 0 Å². The van der Waals surface area contributed by atoms with Crippen LogP contribution >= 0.6 is 0 Å². The molecule has 0 fully saturated rings. The van der Waals surface area contributed by atoms with Crippen LogP contribution < -0.4 is 4.90 Å². The molecule has 0 unspecified atom stereocenters. The maximum atomic E-state index is 2.40. The lowest BCUT2D eigenvalue weighted by Crippen LogP contribution is -2.14. The van der Waals surface area contributed by atoms with Crippen molar-refractivity contribution in [1.29, 1.82) is 0 Å². The predicted molar refractivity (Wildman–Crippen MR) is 246 cm³/mol. The fourth-order valence-electron chi connectivity index (χ4n) is 8.84. The molecular formula is C57H43N. The highest BCUT2D eigenvalue weighted by molar-refractivity contribution is 5.91. The van der Waals surface area contributed by atoms with E-state index < -0.39 is 0 Å². The molecule has 0 aromatic heterocycles. The highest BCUT2D eigenvalue weighted by Crippen LogP contribution is 2.50. The van der Waals surface area contributed by atoms with E-state index in [1.165, 1.54) is 77.9 Å². The van der Waals surface area contributed by atoms with Crippen LogP contribution in [0.4, 0.5) is 17.1 Å². The lowest BCUT2D eigenvalue weighted by atomic mass is 9.81. The Bertz CT molecular complexity index is 2870. The molecule has 9 aromatic carbocycles. The molecule has 0 atom stereocenters. The Labute approximate surface area is 342 Å². The third-order valence-corrected chi connectivity index (χ3v) is 11.9. The zero-order chi connectivity index (χ0) is 39.1. The Morgan fingerprint density at radius 3 is 1.34 bits per heavy atom. The second kappa shape index (κ2) is 14.7. The summed E-state index contributed by atoms with van der Waals surface area (Å²) < 4.78 is 0. The van der Waals surface area contributed by atoms with Gasteiger partial charge in [-0.15, -0.1) is 0 Å². The molecule has 1 aliphatic rings. The van der Waals surface area contributed by atoms with Gasteiger partial charge in [0.25, 0.3) is 0 Å². The van der Waals surface area contributed by atoms with Gasteiger partial charge < -0.3 is 4.90 Å². The van der Waals surface area contributed by atoms with Gasteiger partial charge in [0, 0.05) is 22.5 Å². The quantitative estimate of drug-likeness (QED) is 0.150. The Balaban J connectivity index is 1.08. The minimum Gasteiger partial charge on any atom is -0.310 e. The fraction of sp³-hybridized carbons (Fsp3) is 0.0526. The van der Waals surface area contributed by atoms with Gasteiger partial charge in [-0.25, -0.2) is 0 Å². The van der Waals surface area contributed by atoms with Crippen LogP contribution in [-0.2, 0) is 5.41 Å². The average molecular weight is 742 g/mol. The van der Waals surface area contributed by atoms with E-state index in [2.05, 4.69) is 243 Å². The third-order valence-electron chi connectivity index (χ3n) is 11.9. The van der Waals surface area contributed by atoms with Gasteiger partial charge in [0.05, 0.1) is 0 Å². The lowest BCUT2D eigenvalue weighted by Gasteiger charge is -2.27. The van der Waals surface area contributed by atoms with E-state index in [9.17, 15) is 0 Å². The standard InChI is InChI=1S/C57H43N/c1-57(2)55-24-13-12-23-52(55)53-35-29-46(38-56(53)57)43-27-32-49(33-28-43)58(48-30-25-42(26-31-48)40-15-6-3-7-16-40)50-34-36-51(54(39-50)44-19-10-5-11-20-44)47-22-14-21-45(37-47)41-17-8-4-9-18-41/h3-39H,1-2H3. The monoisotopic (exact) mass is 741 g/mol. The normalized spacial score (nSPS) is 12.4. The van der Waals surface area contributed by atoms with E-state index >= 15 is 0 Å². The summed E-state index contributed by atoms with van der Waals surface area (Å²) in [4.78, 5) is 2.39. The minimum atomic E-state index is -0.0456. The molecule has 0 amide bonds. The molecule has 0 heterocycles. The van der Waals surface area contributed by atoms with Gasteiger partial charge in [0.1, 0.15) is 0 Å². The summed E-state index contributed by atoms with van der Waals surface area (Å²) >= 11 is 0. The van der Waals surface area contributed by atoms with E-state index in [1.54, 1.807) is 0 Å². The average Bonchev–Trinajstić information content (AvgIpc) is 3.53. The van der Waals surface area contributed by atoms with Crippen molar-refractivity contribution in [2.24, 2.45) is 0 Å². The molecule has 276 valence electrons. The number of anilines is 3. The van der Waals surface area contributed by atoms with Crippen LogP contribution in [0.2, 0.25) is 0 Å². The van der Waals surface area contributed by atoms with Crippen molar-refractivity contribution < 1.29 is 0 Å². The summed E-state index contributed by atoms with van der Waals surface area (Å²) in [5, 5.41) is 0. The zero-order valence-electron chi connectivity index (χ0n) is 32.8. The summed E-state index contributed by atoms with van der Waals surface area (Å²) in [6, 6.07) is 81.8. The van der Waals surface area contributed by atoms with Gasteiger partial charge in [-0.05, 0) is 126 Å². The Hall–Kier alpha value is -7.22. The van der Waals surface area contributed by atoms with Crippen LogP contribution in [0.15, 0.2) is 224 Å².